The molecule has 1 aliphatic rings. The maximum absolute atomic E-state index is 4.24. The lowest BCUT2D eigenvalue weighted by molar-refractivity contribution is 0.506. The van der Waals surface area contributed by atoms with Gasteiger partial charge in [0.25, 0.3) is 0 Å². The topological polar surface area (TPSA) is 0 Å². The van der Waals surface area contributed by atoms with E-state index in [-0.39, 0.29) is 0 Å². The van der Waals surface area contributed by atoms with Crippen LogP contribution in [0.3, 0.4) is 0 Å². The van der Waals surface area contributed by atoms with Crippen molar-refractivity contribution in [3.05, 3.63) is 72.4 Å². The summed E-state index contributed by atoms with van der Waals surface area (Å²) in [6, 6.07) is 0. The zero-order valence-electron chi connectivity index (χ0n) is 16.3. The fourth-order valence-corrected chi connectivity index (χ4v) is 2.89. The summed E-state index contributed by atoms with van der Waals surface area (Å²) in [5.74, 6) is 1.82. The van der Waals surface area contributed by atoms with Crippen molar-refractivity contribution in [2.45, 2.75) is 59.8 Å². The molecular formula is C24H36. The maximum atomic E-state index is 4.24. The summed E-state index contributed by atoms with van der Waals surface area (Å²) >= 11 is 0. The molecule has 0 heterocycles. The summed E-state index contributed by atoms with van der Waals surface area (Å²) < 4.78 is 0. The van der Waals surface area contributed by atoms with Crippen molar-refractivity contribution in [3.63, 3.8) is 0 Å². The number of hydrogen-bond donors (Lipinski definition) is 0. The first kappa shape index (κ1) is 20.5. The van der Waals surface area contributed by atoms with Gasteiger partial charge in [0.1, 0.15) is 0 Å². The molecule has 0 radical (unpaired) electrons. The average Bonchev–Trinajstić information content (AvgIpc) is 2.62. The summed E-state index contributed by atoms with van der Waals surface area (Å²) in [4.78, 5) is 0. The molecule has 0 nitrogen and oxygen atoms in total. The molecule has 0 fully saturated rings. The maximum Gasteiger partial charge on any atom is -0.0199 e. The van der Waals surface area contributed by atoms with Crippen molar-refractivity contribution in [3.8, 4) is 0 Å². The minimum Gasteiger partial charge on any atom is -0.103 e. The van der Waals surface area contributed by atoms with Gasteiger partial charge in [0, 0.05) is 0 Å². The first-order chi connectivity index (χ1) is 11.4. The fourth-order valence-electron chi connectivity index (χ4n) is 2.89. The second kappa shape index (κ2) is 10.3. The zero-order valence-corrected chi connectivity index (χ0v) is 16.3. The molecule has 0 aromatic heterocycles. The van der Waals surface area contributed by atoms with Gasteiger partial charge in [-0.05, 0) is 61.0 Å². The lowest BCUT2D eigenvalue weighted by Gasteiger charge is -2.21. The average molecular weight is 325 g/mol. The van der Waals surface area contributed by atoms with Crippen LogP contribution in [-0.4, -0.2) is 0 Å². The van der Waals surface area contributed by atoms with E-state index in [2.05, 4.69) is 77.8 Å². The smallest absolute Gasteiger partial charge is 0.0199 e. The van der Waals surface area contributed by atoms with Crippen LogP contribution < -0.4 is 0 Å². The molecule has 132 valence electrons. The second-order valence-electron chi connectivity index (χ2n) is 7.37. The highest BCUT2D eigenvalue weighted by molar-refractivity contribution is 5.44. The van der Waals surface area contributed by atoms with Crippen LogP contribution in [-0.2, 0) is 0 Å². The highest BCUT2D eigenvalue weighted by atomic mass is 14.2. The summed E-state index contributed by atoms with van der Waals surface area (Å²) in [6.07, 6.45) is 16.8. The van der Waals surface area contributed by atoms with Crippen LogP contribution in [0.4, 0.5) is 0 Å². The molecular weight excluding hydrogens is 288 g/mol. The molecule has 0 saturated carbocycles. The van der Waals surface area contributed by atoms with Crippen LogP contribution in [0, 0.1) is 17.8 Å². The summed E-state index contributed by atoms with van der Waals surface area (Å²) in [5, 5.41) is 0. The quantitative estimate of drug-likeness (QED) is 0.287. The Morgan fingerprint density at radius 2 is 1.79 bits per heavy atom. The molecule has 3 atom stereocenters. The lowest BCUT2D eigenvalue weighted by atomic mass is 9.84. The Hall–Kier alpha value is -1.56. The van der Waals surface area contributed by atoms with Gasteiger partial charge in [-0.2, -0.15) is 0 Å². The normalized spacial score (nSPS) is 18.5. The van der Waals surface area contributed by atoms with Gasteiger partial charge in [-0.3, -0.25) is 0 Å². The monoisotopic (exact) mass is 324 g/mol. The minimum absolute atomic E-state index is 0.541. The third kappa shape index (κ3) is 6.51. The van der Waals surface area contributed by atoms with E-state index < -0.39 is 0 Å². The molecule has 24 heavy (non-hydrogen) atoms. The van der Waals surface area contributed by atoms with Crippen molar-refractivity contribution in [2.75, 3.05) is 0 Å². The van der Waals surface area contributed by atoms with Crippen molar-refractivity contribution in [1.82, 2.24) is 0 Å². The molecule has 0 aromatic carbocycles. The van der Waals surface area contributed by atoms with Gasteiger partial charge in [0.2, 0.25) is 0 Å². The van der Waals surface area contributed by atoms with Crippen molar-refractivity contribution < 1.29 is 0 Å². The van der Waals surface area contributed by atoms with E-state index in [1.807, 2.05) is 0 Å². The van der Waals surface area contributed by atoms with E-state index in [4.69, 9.17) is 0 Å². The molecule has 0 saturated heterocycles. The predicted octanol–water partition coefficient (Wildman–Crippen LogP) is 7.59. The van der Waals surface area contributed by atoms with E-state index >= 15 is 0 Å². The SMILES string of the molecule is C=CC(C)CCC(C)C1=CC=C(C(=C)/C=C\C(=C)C(C)CC)CC1. The van der Waals surface area contributed by atoms with Crippen LogP contribution in [0.15, 0.2) is 72.4 Å². The van der Waals surface area contributed by atoms with Crippen LogP contribution in [0.2, 0.25) is 0 Å². The summed E-state index contributed by atoms with van der Waals surface area (Å²) in [7, 11) is 0. The van der Waals surface area contributed by atoms with Crippen LogP contribution in [0.25, 0.3) is 0 Å². The van der Waals surface area contributed by atoms with Gasteiger partial charge in [0.05, 0.1) is 0 Å². The van der Waals surface area contributed by atoms with Crippen LogP contribution in [0.5, 0.6) is 0 Å². The molecule has 3 unspecified atom stereocenters. The Bertz CT molecular complexity index is 538. The van der Waals surface area contributed by atoms with E-state index in [0.29, 0.717) is 17.8 Å². The number of rotatable bonds is 10. The predicted molar refractivity (Wildman–Crippen MR) is 110 cm³/mol. The van der Waals surface area contributed by atoms with Gasteiger partial charge < -0.3 is 0 Å². The third-order valence-electron chi connectivity index (χ3n) is 5.43. The van der Waals surface area contributed by atoms with Gasteiger partial charge in [-0.25, -0.2) is 0 Å². The molecule has 1 rings (SSSR count). The highest BCUT2D eigenvalue weighted by Gasteiger charge is 2.14. The van der Waals surface area contributed by atoms with Crippen molar-refractivity contribution in [1.29, 1.82) is 0 Å². The minimum atomic E-state index is 0.541. The Kier molecular flexibility index (Phi) is 8.82. The molecule has 0 amide bonds. The number of allylic oxidation sites excluding steroid dienone is 9. The summed E-state index contributed by atoms with van der Waals surface area (Å²) in [5.41, 5.74) is 5.26. The van der Waals surface area contributed by atoms with Gasteiger partial charge in [-0.15, -0.1) is 6.58 Å². The molecule has 0 N–H and O–H groups in total. The summed E-state index contributed by atoms with van der Waals surface area (Å²) in [6.45, 7) is 21.3. The second-order valence-corrected chi connectivity index (χ2v) is 7.37. The van der Waals surface area contributed by atoms with Crippen molar-refractivity contribution >= 4 is 0 Å². The van der Waals surface area contributed by atoms with Crippen molar-refractivity contribution in [2.24, 2.45) is 17.8 Å². The molecule has 0 spiro atoms. The first-order valence-electron chi connectivity index (χ1n) is 9.47. The largest absolute Gasteiger partial charge is 0.103 e. The molecule has 1 aliphatic carbocycles. The Balaban J connectivity index is 2.61. The van der Waals surface area contributed by atoms with E-state index in [0.717, 1.165) is 24.8 Å². The van der Waals surface area contributed by atoms with Gasteiger partial charge in [-0.1, -0.05) is 82.4 Å². The highest BCUT2D eigenvalue weighted by Crippen LogP contribution is 2.31. The number of hydrogen-bond acceptors (Lipinski definition) is 0. The zero-order chi connectivity index (χ0) is 18.1. The standard InChI is InChI=1S/C24H36/c1-8-18(3)10-11-21(6)23-14-16-24(17-15-23)22(7)13-12-20(5)19(4)9-2/h8,12-14,16,18-19,21H,1,5,7,9-11,15,17H2,2-4,6H3/b13-12-. The van der Waals surface area contributed by atoms with E-state index in [9.17, 15) is 0 Å². The van der Waals surface area contributed by atoms with Crippen LogP contribution >= 0.6 is 0 Å². The fraction of sp³-hybridized carbons (Fsp3) is 0.500. The van der Waals surface area contributed by atoms with E-state index in [1.54, 1.807) is 5.57 Å². The Labute approximate surface area is 150 Å². The lowest BCUT2D eigenvalue weighted by Crippen LogP contribution is -2.05. The Morgan fingerprint density at radius 1 is 1.08 bits per heavy atom. The molecule has 0 aromatic rings. The first-order valence-corrected chi connectivity index (χ1v) is 9.47. The van der Waals surface area contributed by atoms with Gasteiger partial charge in [0.15, 0.2) is 0 Å². The molecule has 0 aliphatic heterocycles. The van der Waals surface area contributed by atoms with E-state index in [1.165, 1.54) is 24.0 Å². The Morgan fingerprint density at radius 3 is 2.33 bits per heavy atom. The molecule has 0 bridgehead atoms. The third-order valence-corrected chi connectivity index (χ3v) is 5.43. The van der Waals surface area contributed by atoms with Crippen LogP contribution in [0.1, 0.15) is 59.8 Å². The van der Waals surface area contributed by atoms with Gasteiger partial charge >= 0.3 is 0 Å². The molecule has 0 heteroatoms.